The average Bonchev–Trinajstić information content (AvgIpc) is 2.54. The first-order valence-corrected chi connectivity index (χ1v) is 6.80. The Morgan fingerprint density at radius 1 is 1.14 bits per heavy atom. The van der Waals surface area contributed by atoms with E-state index in [-0.39, 0.29) is 12.5 Å². The third-order valence-corrected chi connectivity index (χ3v) is 3.55. The Hall–Kier alpha value is -2.80. The molecule has 21 heavy (non-hydrogen) atoms. The number of nitrogens with zero attached hydrogens (tertiary/aromatic N) is 2. The van der Waals surface area contributed by atoms with E-state index < -0.39 is 0 Å². The predicted molar refractivity (Wildman–Crippen MR) is 79.4 cm³/mol. The maximum absolute atomic E-state index is 12.6. The highest BCUT2D eigenvalue weighted by Gasteiger charge is 2.26. The lowest BCUT2D eigenvalue weighted by molar-refractivity contribution is 0.0980. The summed E-state index contributed by atoms with van der Waals surface area (Å²) in [5.74, 6) is 0.539. The van der Waals surface area contributed by atoms with Crippen LogP contribution in [0.4, 0.5) is 5.69 Å². The molecule has 0 fully saturated rings. The van der Waals surface area contributed by atoms with Gasteiger partial charge < -0.3 is 9.64 Å². The fraction of sp³-hybridized carbons (Fsp3) is 0.176. The van der Waals surface area contributed by atoms with Gasteiger partial charge in [0.05, 0.1) is 5.69 Å². The van der Waals surface area contributed by atoms with Gasteiger partial charge in [-0.1, -0.05) is 30.3 Å². The summed E-state index contributed by atoms with van der Waals surface area (Å²) in [4.78, 5) is 14.4. The molecule has 0 spiro atoms. The highest BCUT2D eigenvalue weighted by atomic mass is 16.5. The minimum absolute atomic E-state index is 0.0233. The molecule has 1 aliphatic rings. The molecule has 1 amide bonds. The van der Waals surface area contributed by atoms with E-state index in [1.807, 2.05) is 48.5 Å². The number of amides is 1. The molecule has 3 rings (SSSR count). The highest BCUT2D eigenvalue weighted by molar-refractivity contribution is 6.08. The number of carbonyl (C=O) groups excluding carboxylic acids is 1. The van der Waals surface area contributed by atoms with Crippen LogP contribution < -0.4 is 9.64 Å². The normalized spacial score (nSPS) is 13.5. The molecule has 0 aliphatic carbocycles. The van der Waals surface area contributed by atoms with Gasteiger partial charge in [0.25, 0.3) is 5.91 Å². The van der Waals surface area contributed by atoms with Gasteiger partial charge in [0.15, 0.2) is 6.61 Å². The molecule has 0 saturated carbocycles. The van der Waals surface area contributed by atoms with Gasteiger partial charge in [0.1, 0.15) is 11.8 Å². The summed E-state index contributed by atoms with van der Waals surface area (Å²) in [5.41, 5.74) is 2.53. The largest absolute Gasteiger partial charge is 0.477 e. The zero-order valence-corrected chi connectivity index (χ0v) is 11.5. The topological polar surface area (TPSA) is 53.3 Å². The van der Waals surface area contributed by atoms with Gasteiger partial charge in [-0.2, -0.15) is 5.26 Å². The van der Waals surface area contributed by atoms with Crippen molar-refractivity contribution in [3.05, 3.63) is 59.7 Å². The molecule has 4 nitrogen and oxygen atoms in total. The summed E-state index contributed by atoms with van der Waals surface area (Å²) in [7, 11) is 0. The summed E-state index contributed by atoms with van der Waals surface area (Å²) >= 11 is 0. The van der Waals surface area contributed by atoms with Crippen LogP contribution in [-0.4, -0.2) is 19.1 Å². The molecule has 0 bridgehead atoms. The first-order chi connectivity index (χ1) is 10.3. The summed E-state index contributed by atoms with van der Waals surface area (Å²) in [5, 5.41) is 8.66. The molecule has 0 saturated heterocycles. The second-order valence-electron chi connectivity index (χ2n) is 4.78. The number of anilines is 1. The standard InChI is InChI=1S/C17H14N2O2/c18-10-12-21-16-8-4-3-7-15(16)19-11-9-13-5-1-2-6-14(13)17(19)20/h1-8H,9,11-12H2. The lowest BCUT2D eigenvalue weighted by Crippen LogP contribution is -2.37. The lowest BCUT2D eigenvalue weighted by Gasteiger charge is -2.29. The number of benzene rings is 2. The van der Waals surface area contributed by atoms with E-state index in [1.54, 1.807) is 11.0 Å². The fourth-order valence-corrected chi connectivity index (χ4v) is 2.57. The number of fused-ring (bicyclic) bond motifs is 1. The van der Waals surface area contributed by atoms with Crippen molar-refractivity contribution in [1.29, 1.82) is 5.26 Å². The van der Waals surface area contributed by atoms with Crippen molar-refractivity contribution in [1.82, 2.24) is 0 Å². The minimum atomic E-state index is -0.0321. The SMILES string of the molecule is N#CCOc1ccccc1N1CCc2ccccc2C1=O. The van der Waals surface area contributed by atoms with Gasteiger partial charge in [0.2, 0.25) is 0 Å². The Morgan fingerprint density at radius 2 is 1.90 bits per heavy atom. The van der Waals surface area contributed by atoms with Crippen LogP contribution in [0.25, 0.3) is 0 Å². The number of hydrogen-bond acceptors (Lipinski definition) is 3. The van der Waals surface area contributed by atoms with E-state index in [2.05, 4.69) is 0 Å². The number of nitriles is 1. The first kappa shape index (κ1) is 13.2. The molecule has 1 aliphatic heterocycles. The average molecular weight is 278 g/mol. The molecule has 0 atom stereocenters. The highest BCUT2D eigenvalue weighted by Crippen LogP contribution is 2.32. The van der Waals surface area contributed by atoms with Crippen molar-refractivity contribution in [3.63, 3.8) is 0 Å². The molecule has 0 radical (unpaired) electrons. The predicted octanol–water partition coefficient (Wildman–Crippen LogP) is 2.79. The van der Waals surface area contributed by atoms with Crippen molar-refractivity contribution < 1.29 is 9.53 Å². The van der Waals surface area contributed by atoms with Crippen LogP contribution in [-0.2, 0) is 6.42 Å². The number of para-hydroxylation sites is 2. The van der Waals surface area contributed by atoms with Gasteiger partial charge in [-0.3, -0.25) is 4.79 Å². The van der Waals surface area contributed by atoms with Crippen molar-refractivity contribution in [2.24, 2.45) is 0 Å². The van der Waals surface area contributed by atoms with E-state index in [4.69, 9.17) is 10.00 Å². The Morgan fingerprint density at radius 3 is 2.76 bits per heavy atom. The van der Waals surface area contributed by atoms with Crippen LogP contribution in [0, 0.1) is 11.3 Å². The molecule has 4 heteroatoms. The van der Waals surface area contributed by atoms with Crippen LogP contribution in [0.15, 0.2) is 48.5 Å². The van der Waals surface area contributed by atoms with Crippen LogP contribution in [0.5, 0.6) is 5.75 Å². The van der Waals surface area contributed by atoms with Crippen molar-refractivity contribution in [3.8, 4) is 11.8 Å². The quantitative estimate of drug-likeness (QED) is 0.867. The smallest absolute Gasteiger partial charge is 0.258 e. The Bertz CT molecular complexity index is 719. The first-order valence-electron chi connectivity index (χ1n) is 6.80. The number of hydrogen-bond donors (Lipinski definition) is 0. The molecule has 2 aromatic rings. The minimum Gasteiger partial charge on any atom is -0.477 e. The summed E-state index contributed by atoms with van der Waals surface area (Å²) < 4.78 is 5.42. The molecular formula is C17H14N2O2. The Balaban J connectivity index is 1.96. The molecule has 1 heterocycles. The maximum Gasteiger partial charge on any atom is 0.258 e. The van der Waals surface area contributed by atoms with Gasteiger partial charge in [-0.15, -0.1) is 0 Å². The second-order valence-corrected chi connectivity index (χ2v) is 4.78. The van der Waals surface area contributed by atoms with E-state index in [1.165, 1.54) is 0 Å². The fourth-order valence-electron chi connectivity index (χ4n) is 2.57. The van der Waals surface area contributed by atoms with E-state index in [9.17, 15) is 4.79 Å². The molecule has 0 N–H and O–H groups in total. The maximum atomic E-state index is 12.6. The van der Waals surface area contributed by atoms with Gasteiger partial charge in [-0.25, -0.2) is 0 Å². The summed E-state index contributed by atoms with van der Waals surface area (Å²) in [6.45, 7) is 0.582. The zero-order chi connectivity index (χ0) is 14.7. The molecule has 0 aromatic heterocycles. The number of carbonyl (C=O) groups is 1. The van der Waals surface area contributed by atoms with Gasteiger partial charge >= 0.3 is 0 Å². The monoisotopic (exact) mass is 278 g/mol. The van der Waals surface area contributed by atoms with E-state index in [0.717, 1.165) is 17.5 Å². The Labute approximate surface area is 123 Å². The summed E-state index contributed by atoms with van der Waals surface area (Å²) in [6.07, 6.45) is 0.814. The third kappa shape index (κ3) is 2.46. The van der Waals surface area contributed by atoms with Crippen molar-refractivity contribution >= 4 is 11.6 Å². The van der Waals surface area contributed by atoms with Crippen LogP contribution in [0.3, 0.4) is 0 Å². The number of ether oxygens (including phenoxy) is 1. The van der Waals surface area contributed by atoms with Gasteiger partial charge in [-0.05, 0) is 30.2 Å². The summed E-state index contributed by atoms with van der Waals surface area (Å²) in [6, 6.07) is 16.9. The molecule has 0 unspecified atom stereocenters. The zero-order valence-electron chi connectivity index (χ0n) is 11.5. The molecule has 104 valence electrons. The number of rotatable bonds is 3. The van der Waals surface area contributed by atoms with Gasteiger partial charge in [0, 0.05) is 12.1 Å². The molecule has 2 aromatic carbocycles. The van der Waals surface area contributed by atoms with E-state index in [0.29, 0.717) is 18.0 Å². The van der Waals surface area contributed by atoms with E-state index >= 15 is 0 Å². The molecular weight excluding hydrogens is 264 g/mol. The van der Waals surface area contributed by atoms with Crippen LogP contribution in [0.1, 0.15) is 15.9 Å². The second kappa shape index (κ2) is 5.68. The third-order valence-electron chi connectivity index (χ3n) is 3.55. The van der Waals surface area contributed by atoms with Crippen molar-refractivity contribution in [2.45, 2.75) is 6.42 Å². The van der Waals surface area contributed by atoms with Crippen LogP contribution >= 0.6 is 0 Å². The Kier molecular flexibility index (Phi) is 3.57. The lowest BCUT2D eigenvalue weighted by atomic mass is 9.98. The van der Waals surface area contributed by atoms with Crippen molar-refractivity contribution in [2.75, 3.05) is 18.1 Å². The van der Waals surface area contributed by atoms with Crippen LogP contribution in [0.2, 0.25) is 0 Å².